The van der Waals surface area contributed by atoms with E-state index in [-0.39, 0.29) is 11.9 Å². The van der Waals surface area contributed by atoms with Gasteiger partial charge in [-0.15, -0.1) is 11.3 Å². The number of rotatable bonds is 5. The summed E-state index contributed by atoms with van der Waals surface area (Å²) in [6, 6.07) is 12.2. The minimum atomic E-state index is -0.220. The van der Waals surface area contributed by atoms with Gasteiger partial charge in [0, 0.05) is 23.5 Å². The van der Waals surface area contributed by atoms with Gasteiger partial charge in [0.2, 0.25) is 0 Å². The molecule has 1 aliphatic heterocycles. The molecule has 0 radical (unpaired) electrons. The van der Waals surface area contributed by atoms with Crippen molar-refractivity contribution in [1.29, 1.82) is 0 Å². The number of amides is 1. The third kappa shape index (κ3) is 4.15. The lowest BCUT2D eigenvalue weighted by atomic mass is 9.94. The molecule has 0 bridgehead atoms. The maximum atomic E-state index is 12.7. The highest BCUT2D eigenvalue weighted by atomic mass is 32.1. The summed E-state index contributed by atoms with van der Waals surface area (Å²) >= 11 is 1.63. The highest BCUT2D eigenvalue weighted by Gasteiger charge is 2.30. The number of aryl methyl sites for hydroxylation is 2. The lowest BCUT2D eigenvalue weighted by Crippen LogP contribution is -2.39. The summed E-state index contributed by atoms with van der Waals surface area (Å²) in [7, 11) is 0. The van der Waals surface area contributed by atoms with Crippen molar-refractivity contribution in [3.63, 3.8) is 0 Å². The summed E-state index contributed by atoms with van der Waals surface area (Å²) < 4.78 is 10.9. The first-order chi connectivity index (χ1) is 14.0. The number of carbonyl (C=O) groups excluding carboxylic acids is 1. The molecule has 3 aromatic rings. The van der Waals surface area contributed by atoms with Gasteiger partial charge in [0.25, 0.3) is 5.91 Å². The van der Waals surface area contributed by atoms with E-state index in [1.807, 2.05) is 0 Å². The number of thiophene rings is 1. The maximum absolute atomic E-state index is 12.7. The number of carbonyl (C=O) groups is 1. The molecule has 1 fully saturated rings. The zero-order chi connectivity index (χ0) is 20.4. The van der Waals surface area contributed by atoms with Crippen molar-refractivity contribution in [3.8, 4) is 0 Å². The monoisotopic (exact) mass is 410 g/mol. The van der Waals surface area contributed by atoms with Crippen molar-refractivity contribution in [2.24, 2.45) is 0 Å². The molecule has 0 spiro atoms. The fraction of sp³-hybridized carbons (Fsp3) is 0.348. The van der Waals surface area contributed by atoms with Crippen LogP contribution in [0, 0.1) is 20.8 Å². The van der Waals surface area contributed by atoms with Crippen molar-refractivity contribution >= 4 is 22.2 Å². The van der Waals surface area contributed by atoms with Crippen LogP contribution in [0.25, 0.3) is 0 Å². The number of hydrogen-bond donors (Lipinski definition) is 1. The van der Waals surface area contributed by atoms with Gasteiger partial charge in [-0.3, -0.25) is 9.69 Å². The Labute approximate surface area is 175 Å². The SMILES string of the molecule is Cc1ccc([C@H](c2c(NC(=O)c3ccco3)sc(C)c2C)N2CCOCC2)cc1. The van der Waals surface area contributed by atoms with E-state index in [0.717, 1.165) is 36.9 Å². The van der Waals surface area contributed by atoms with Gasteiger partial charge >= 0.3 is 0 Å². The average Bonchev–Trinajstić information content (AvgIpc) is 3.35. The van der Waals surface area contributed by atoms with E-state index in [0.29, 0.717) is 5.76 Å². The Morgan fingerprint density at radius 2 is 1.83 bits per heavy atom. The molecular weight excluding hydrogens is 384 g/mol. The van der Waals surface area contributed by atoms with Gasteiger partial charge < -0.3 is 14.5 Å². The van der Waals surface area contributed by atoms with Gasteiger partial charge in [-0.2, -0.15) is 0 Å². The summed E-state index contributed by atoms with van der Waals surface area (Å²) in [5, 5.41) is 3.99. The summed E-state index contributed by atoms with van der Waals surface area (Å²) in [4.78, 5) is 16.4. The molecule has 5 nitrogen and oxygen atoms in total. The van der Waals surface area contributed by atoms with Crippen molar-refractivity contribution in [2.45, 2.75) is 26.8 Å². The van der Waals surface area contributed by atoms with Gasteiger partial charge in [0.05, 0.1) is 25.5 Å². The molecule has 0 aliphatic carbocycles. The van der Waals surface area contributed by atoms with Crippen LogP contribution in [0.3, 0.4) is 0 Å². The smallest absolute Gasteiger partial charge is 0.291 e. The van der Waals surface area contributed by atoms with E-state index in [4.69, 9.17) is 9.15 Å². The highest BCUT2D eigenvalue weighted by molar-refractivity contribution is 7.16. The number of morpholine rings is 1. The Kier molecular flexibility index (Phi) is 5.85. The highest BCUT2D eigenvalue weighted by Crippen LogP contribution is 2.42. The molecule has 1 aromatic carbocycles. The predicted molar refractivity (Wildman–Crippen MR) is 116 cm³/mol. The van der Waals surface area contributed by atoms with Gasteiger partial charge in [0.15, 0.2) is 5.76 Å². The molecule has 1 aliphatic rings. The molecule has 4 rings (SSSR count). The molecule has 152 valence electrons. The molecule has 1 atom stereocenters. The second-order valence-corrected chi connectivity index (χ2v) is 8.64. The fourth-order valence-corrected chi connectivity index (χ4v) is 4.87. The van der Waals surface area contributed by atoms with Crippen LogP contribution in [-0.2, 0) is 4.74 Å². The second kappa shape index (κ2) is 8.53. The maximum Gasteiger partial charge on any atom is 0.291 e. The minimum absolute atomic E-state index is 0.0661. The van der Waals surface area contributed by atoms with E-state index in [2.05, 4.69) is 55.3 Å². The average molecular weight is 411 g/mol. The largest absolute Gasteiger partial charge is 0.459 e. The Balaban J connectivity index is 1.77. The third-order valence-corrected chi connectivity index (χ3v) is 6.62. The quantitative estimate of drug-likeness (QED) is 0.647. The Hall–Kier alpha value is -2.41. The number of furan rings is 1. The number of benzene rings is 1. The zero-order valence-corrected chi connectivity index (χ0v) is 17.8. The molecule has 29 heavy (non-hydrogen) atoms. The van der Waals surface area contributed by atoms with E-state index in [9.17, 15) is 4.79 Å². The lowest BCUT2D eigenvalue weighted by molar-refractivity contribution is 0.0240. The molecule has 1 amide bonds. The van der Waals surface area contributed by atoms with Crippen molar-refractivity contribution < 1.29 is 13.9 Å². The number of anilines is 1. The topological polar surface area (TPSA) is 54.7 Å². The molecule has 3 heterocycles. The Morgan fingerprint density at radius 1 is 1.10 bits per heavy atom. The van der Waals surface area contributed by atoms with Crippen LogP contribution in [0.4, 0.5) is 5.00 Å². The van der Waals surface area contributed by atoms with Crippen LogP contribution >= 0.6 is 11.3 Å². The van der Waals surface area contributed by atoms with Crippen LogP contribution in [-0.4, -0.2) is 37.1 Å². The fourth-order valence-electron chi connectivity index (χ4n) is 3.78. The van der Waals surface area contributed by atoms with E-state index in [1.54, 1.807) is 23.5 Å². The van der Waals surface area contributed by atoms with Crippen LogP contribution in [0.1, 0.15) is 43.7 Å². The molecule has 0 unspecified atom stereocenters. The number of hydrogen-bond acceptors (Lipinski definition) is 5. The molecule has 2 aromatic heterocycles. The number of nitrogens with one attached hydrogen (secondary N) is 1. The third-order valence-electron chi connectivity index (χ3n) is 5.48. The summed E-state index contributed by atoms with van der Waals surface area (Å²) in [5.74, 6) is 0.0973. The number of nitrogens with zero attached hydrogens (tertiary/aromatic N) is 1. The minimum Gasteiger partial charge on any atom is -0.459 e. The van der Waals surface area contributed by atoms with Gasteiger partial charge in [-0.05, 0) is 44.0 Å². The Morgan fingerprint density at radius 3 is 2.48 bits per heavy atom. The lowest BCUT2D eigenvalue weighted by Gasteiger charge is -2.35. The first-order valence-electron chi connectivity index (χ1n) is 9.87. The molecule has 1 saturated heterocycles. The normalized spacial score (nSPS) is 16.0. The van der Waals surface area contributed by atoms with E-state index < -0.39 is 0 Å². The standard InChI is InChI=1S/C23H26N2O3S/c1-15-6-8-18(9-7-15)21(25-10-13-27-14-11-25)20-16(2)17(3)29-23(20)24-22(26)19-5-4-12-28-19/h4-9,12,21H,10-11,13-14H2,1-3H3,(H,24,26)/t21-/m1/s1. The van der Waals surface area contributed by atoms with Crippen LogP contribution in [0.2, 0.25) is 0 Å². The van der Waals surface area contributed by atoms with Crippen molar-refractivity contribution in [2.75, 3.05) is 31.6 Å². The van der Waals surface area contributed by atoms with E-state index in [1.165, 1.54) is 27.8 Å². The first-order valence-corrected chi connectivity index (χ1v) is 10.7. The molecule has 1 N–H and O–H groups in total. The van der Waals surface area contributed by atoms with Gasteiger partial charge in [0.1, 0.15) is 5.00 Å². The molecular formula is C23H26N2O3S. The van der Waals surface area contributed by atoms with Crippen LogP contribution in [0.15, 0.2) is 47.1 Å². The second-order valence-electron chi connectivity index (χ2n) is 7.42. The van der Waals surface area contributed by atoms with Crippen molar-refractivity contribution in [1.82, 2.24) is 4.90 Å². The zero-order valence-electron chi connectivity index (χ0n) is 17.0. The van der Waals surface area contributed by atoms with Crippen LogP contribution in [0.5, 0.6) is 0 Å². The van der Waals surface area contributed by atoms with Gasteiger partial charge in [-0.1, -0.05) is 29.8 Å². The Bertz CT molecular complexity index is 970. The van der Waals surface area contributed by atoms with E-state index >= 15 is 0 Å². The molecule has 6 heteroatoms. The number of ether oxygens (including phenoxy) is 1. The summed E-state index contributed by atoms with van der Waals surface area (Å²) in [6.07, 6.45) is 1.52. The van der Waals surface area contributed by atoms with Crippen molar-refractivity contribution in [3.05, 3.63) is 75.6 Å². The predicted octanol–water partition coefficient (Wildman–Crippen LogP) is 4.94. The molecule has 0 saturated carbocycles. The summed E-state index contributed by atoms with van der Waals surface area (Å²) in [6.45, 7) is 9.51. The first kappa shape index (κ1) is 19.9. The van der Waals surface area contributed by atoms with Gasteiger partial charge in [-0.25, -0.2) is 0 Å². The van der Waals surface area contributed by atoms with Crippen LogP contribution < -0.4 is 5.32 Å². The summed E-state index contributed by atoms with van der Waals surface area (Å²) in [5.41, 5.74) is 4.85.